The molecule has 0 aliphatic rings. The molecule has 0 bridgehead atoms. The minimum Gasteiger partial charge on any atom is -0.493 e. The largest absolute Gasteiger partial charge is 0.493 e. The molecule has 3 rings (SSSR count). The summed E-state index contributed by atoms with van der Waals surface area (Å²) >= 11 is 0. The van der Waals surface area contributed by atoms with E-state index in [1.165, 1.54) is 10.9 Å². The molecule has 1 aromatic heterocycles. The standard InChI is InChI=1S/C19H20N2O2/c1-13-10-19(21-16-7-5-4-6-15(13)16)20-12-14-8-9-17(22-2)18(11-14)23-3/h4-11H,12H2,1-3H3,(H,20,21). The average molecular weight is 308 g/mol. The van der Waals surface area contributed by atoms with Crippen molar-refractivity contribution in [2.45, 2.75) is 13.5 Å². The van der Waals surface area contributed by atoms with E-state index in [-0.39, 0.29) is 0 Å². The number of hydrogen-bond donors (Lipinski definition) is 1. The van der Waals surface area contributed by atoms with E-state index in [4.69, 9.17) is 9.47 Å². The first-order valence-electron chi connectivity index (χ1n) is 7.52. The van der Waals surface area contributed by atoms with Gasteiger partial charge in [0.2, 0.25) is 0 Å². The zero-order valence-electron chi connectivity index (χ0n) is 13.6. The second-order valence-electron chi connectivity index (χ2n) is 5.38. The van der Waals surface area contributed by atoms with Gasteiger partial charge in [0.25, 0.3) is 0 Å². The van der Waals surface area contributed by atoms with E-state index in [1.807, 2.05) is 36.4 Å². The van der Waals surface area contributed by atoms with Crippen molar-refractivity contribution in [3.8, 4) is 11.5 Å². The first-order chi connectivity index (χ1) is 11.2. The number of methoxy groups -OCH3 is 2. The lowest BCUT2D eigenvalue weighted by atomic mass is 10.1. The predicted octanol–water partition coefficient (Wildman–Crippen LogP) is 4.17. The third-order valence-electron chi connectivity index (χ3n) is 3.84. The lowest BCUT2D eigenvalue weighted by molar-refractivity contribution is 0.354. The van der Waals surface area contributed by atoms with Crippen LogP contribution in [0.3, 0.4) is 0 Å². The highest BCUT2D eigenvalue weighted by Crippen LogP contribution is 2.28. The van der Waals surface area contributed by atoms with E-state index in [0.717, 1.165) is 28.4 Å². The predicted molar refractivity (Wildman–Crippen MR) is 93.4 cm³/mol. The van der Waals surface area contributed by atoms with Crippen LogP contribution in [0.25, 0.3) is 10.9 Å². The quantitative estimate of drug-likeness (QED) is 0.768. The maximum atomic E-state index is 5.34. The van der Waals surface area contributed by atoms with Crippen LogP contribution in [0, 0.1) is 6.92 Å². The van der Waals surface area contributed by atoms with Crippen LogP contribution in [-0.4, -0.2) is 19.2 Å². The van der Waals surface area contributed by atoms with E-state index >= 15 is 0 Å². The third-order valence-corrected chi connectivity index (χ3v) is 3.84. The number of ether oxygens (including phenoxy) is 2. The summed E-state index contributed by atoms with van der Waals surface area (Å²) in [6.07, 6.45) is 0. The maximum Gasteiger partial charge on any atom is 0.161 e. The van der Waals surface area contributed by atoms with Gasteiger partial charge in [0, 0.05) is 11.9 Å². The monoisotopic (exact) mass is 308 g/mol. The highest BCUT2D eigenvalue weighted by molar-refractivity contribution is 5.83. The molecule has 3 aromatic rings. The van der Waals surface area contributed by atoms with Crippen LogP contribution in [0.5, 0.6) is 11.5 Å². The molecule has 0 aliphatic carbocycles. The van der Waals surface area contributed by atoms with E-state index in [2.05, 4.69) is 29.4 Å². The fraction of sp³-hybridized carbons (Fsp3) is 0.211. The molecule has 4 heteroatoms. The van der Waals surface area contributed by atoms with Crippen LogP contribution >= 0.6 is 0 Å². The Balaban J connectivity index is 1.80. The lowest BCUT2D eigenvalue weighted by Gasteiger charge is -2.11. The van der Waals surface area contributed by atoms with Crippen molar-refractivity contribution < 1.29 is 9.47 Å². The smallest absolute Gasteiger partial charge is 0.161 e. The van der Waals surface area contributed by atoms with Gasteiger partial charge >= 0.3 is 0 Å². The average Bonchev–Trinajstić information content (AvgIpc) is 2.59. The molecule has 23 heavy (non-hydrogen) atoms. The summed E-state index contributed by atoms with van der Waals surface area (Å²) in [7, 11) is 3.28. The summed E-state index contributed by atoms with van der Waals surface area (Å²) in [5.74, 6) is 2.33. The fourth-order valence-electron chi connectivity index (χ4n) is 2.62. The number of fused-ring (bicyclic) bond motifs is 1. The zero-order valence-corrected chi connectivity index (χ0v) is 13.6. The fourth-order valence-corrected chi connectivity index (χ4v) is 2.62. The summed E-state index contributed by atoms with van der Waals surface area (Å²) < 4.78 is 10.6. The van der Waals surface area contributed by atoms with Gasteiger partial charge in [0.15, 0.2) is 11.5 Å². The summed E-state index contributed by atoms with van der Waals surface area (Å²) in [4.78, 5) is 4.66. The van der Waals surface area contributed by atoms with Gasteiger partial charge in [-0.1, -0.05) is 24.3 Å². The molecule has 1 heterocycles. The molecule has 0 amide bonds. The van der Waals surface area contributed by atoms with Crippen LogP contribution in [0.4, 0.5) is 5.82 Å². The van der Waals surface area contributed by atoms with Gasteiger partial charge < -0.3 is 14.8 Å². The van der Waals surface area contributed by atoms with Crippen LogP contribution < -0.4 is 14.8 Å². The Morgan fingerprint density at radius 1 is 0.957 bits per heavy atom. The minimum atomic E-state index is 0.672. The Hall–Kier alpha value is -2.75. The van der Waals surface area contributed by atoms with E-state index in [9.17, 15) is 0 Å². The van der Waals surface area contributed by atoms with Crippen molar-refractivity contribution in [1.82, 2.24) is 4.98 Å². The normalized spacial score (nSPS) is 10.6. The van der Waals surface area contributed by atoms with E-state index < -0.39 is 0 Å². The Kier molecular flexibility index (Phi) is 4.33. The number of aryl methyl sites for hydroxylation is 1. The van der Waals surface area contributed by atoms with Crippen molar-refractivity contribution in [3.05, 3.63) is 59.7 Å². The summed E-state index contributed by atoms with van der Waals surface area (Å²) in [5, 5.41) is 4.56. The van der Waals surface area contributed by atoms with Crippen LogP contribution in [0.1, 0.15) is 11.1 Å². The van der Waals surface area contributed by atoms with Crippen molar-refractivity contribution >= 4 is 16.7 Å². The molecule has 0 radical (unpaired) electrons. The highest BCUT2D eigenvalue weighted by atomic mass is 16.5. The van der Waals surface area contributed by atoms with Gasteiger partial charge in [0.05, 0.1) is 19.7 Å². The Morgan fingerprint density at radius 3 is 2.52 bits per heavy atom. The molecule has 1 N–H and O–H groups in total. The number of nitrogens with zero attached hydrogens (tertiary/aromatic N) is 1. The molecule has 0 saturated heterocycles. The van der Waals surface area contributed by atoms with Gasteiger partial charge in [0.1, 0.15) is 5.82 Å². The van der Waals surface area contributed by atoms with Crippen molar-refractivity contribution in [2.24, 2.45) is 0 Å². The van der Waals surface area contributed by atoms with E-state index in [1.54, 1.807) is 14.2 Å². The molecular formula is C19H20N2O2. The lowest BCUT2D eigenvalue weighted by Crippen LogP contribution is -2.03. The van der Waals surface area contributed by atoms with Gasteiger partial charge in [-0.25, -0.2) is 4.98 Å². The first kappa shape index (κ1) is 15.2. The number of pyridine rings is 1. The Bertz CT molecular complexity index is 831. The van der Waals surface area contributed by atoms with E-state index in [0.29, 0.717) is 6.54 Å². The number of hydrogen-bond acceptors (Lipinski definition) is 4. The molecule has 2 aromatic carbocycles. The van der Waals surface area contributed by atoms with Gasteiger partial charge in [-0.3, -0.25) is 0 Å². The van der Waals surface area contributed by atoms with Crippen LogP contribution in [-0.2, 0) is 6.54 Å². The molecule has 0 saturated carbocycles. The third kappa shape index (κ3) is 3.21. The molecule has 4 nitrogen and oxygen atoms in total. The molecule has 0 unspecified atom stereocenters. The van der Waals surface area contributed by atoms with Gasteiger partial charge in [-0.2, -0.15) is 0 Å². The minimum absolute atomic E-state index is 0.672. The maximum absolute atomic E-state index is 5.34. The second kappa shape index (κ2) is 6.57. The first-order valence-corrected chi connectivity index (χ1v) is 7.52. The Morgan fingerprint density at radius 2 is 1.74 bits per heavy atom. The molecule has 0 fully saturated rings. The van der Waals surface area contributed by atoms with Crippen molar-refractivity contribution in [2.75, 3.05) is 19.5 Å². The topological polar surface area (TPSA) is 43.4 Å². The number of nitrogens with one attached hydrogen (secondary N) is 1. The molecule has 0 aliphatic heterocycles. The zero-order chi connectivity index (χ0) is 16.2. The van der Waals surface area contributed by atoms with Crippen molar-refractivity contribution in [3.63, 3.8) is 0 Å². The molecular weight excluding hydrogens is 288 g/mol. The molecule has 0 spiro atoms. The molecule has 0 atom stereocenters. The van der Waals surface area contributed by atoms with Crippen LogP contribution in [0.15, 0.2) is 48.5 Å². The SMILES string of the molecule is COc1ccc(CNc2cc(C)c3ccccc3n2)cc1OC. The number of aromatic nitrogens is 1. The van der Waals surface area contributed by atoms with Gasteiger partial charge in [-0.05, 0) is 42.3 Å². The second-order valence-corrected chi connectivity index (χ2v) is 5.38. The Labute approximate surface area is 136 Å². The number of para-hydroxylation sites is 1. The summed E-state index contributed by atoms with van der Waals surface area (Å²) in [6.45, 7) is 2.77. The van der Waals surface area contributed by atoms with Crippen molar-refractivity contribution in [1.29, 1.82) is 0 Å². The van der Waals surface area contributed by atoms with Gasteiger partial charge in [-0.15, -0.1) is 0 Å². The highest BCUT2D eigenvalue weighted by Gasteiger charge is 2.06. The number of anilines is 1. The molecule has 118 valence electrons. The number of rotatable bonds is 5. The number of benzene rings is 2. The summed E-state index contributed by atoms with van der Waals surface area (Å²) in [5.41, 5.74) is 3.32. The van der Waals surface area contributed by atoms with Crippen LogP contribution in [0.2, 0.25) is 0 Å². The summed E-state index contributed by atoms with van der Waals surface area (Å²) in [6, 6.07) is 16.1.